The number of rotatable bonds is 4. The van der Waals surface area contributed by atoms with E-state index in [-0.39, 0.29) is 17.4 Å². The molecule has 2 aromatic carbocycles. The minimum Gasteiger partial charge on any atom is -0.502 e. The summed E-state index contributed by atoms with van der Waals surface area (Å²) in [5.74, 6) is 0.292. The number of amides is 1. The van der Waals surface area contributed by atoms with Gasteiger partial charge in [0.2, 0.25) is 0 Å². The van der Waals surface area contributed by atoms with Crippen LogP contribution in [0.2, 0.25) is 0 Å². The zero-order chi connectivity index (χ0) is 18.0. The summed E-state index contributed by atoms with van der Waals surface area (Å²) in [6.45, 7) is 1.18. The number of nitro benzene ring substituents is 1. The molecule has 7 heteroatoms. The summed E-state index contributed by atoms with van der Waals surface area (Å²) < 4.78 is 5.15. The van der Waals surface area contributed by atoms with E-state index >= 15 is 0 Å². The molecule has 0 saturated carbocycles. The van der Waals surface area contributed by atoms with Crippen LogP contribution in [-0.4, -0.2) is 41.0 Å². The van der Waals surface area contributed by atoms with Gasteiger partial charge in [0.1, 0.15) is 5.75 Å². The molecular weight excluding hydrogens is 324 g/mol. The number of carbonyl (C=O) groups excluding carboxylic acids is 1. The van der Waals surface area contributed by atoms with Crippen LogP contribution in [0, 0.1) is 10.1 Å². The highest BCUT2D eigenvalue weighted by Crippen LogP contribution is 2.31. The first kappa shape index (κ1) is 16.8. The monoisotopic (exact) mass is 342 g/mol. The molecule has 1 heterocycles. The lowest BCUT2D eigenvalue weighted by atomic mass is 9.98. The van der Waals surface area contributed by atoms with Crippen LogP contribution < -0.4 is 4.74 Å². The molecule has 2 aromatic rings. The van der Waals surface area contributed by atoms with Gasteiger partial charge >= 0.3 is 5.69 Å². The maximum Gasteiger partial charge on any atom is 0.310 e. The minimum absolute atomic E-state index is 0.235. The van der Waals surface area contributed by atoms with Crippen LogP contribution in [-0.2, 0) is 0 Å². The highest BCUT2D eigenvalue weighted by Gasteiger charge is 2.28. The number of aromatic hydroxyl groups is 1. The van der Waals surface area contributed by atoms with Gasteiger partial charge in [-0.25, -0.2) is 0 Å². The van der Waals surface area contributed by atoms with Crippen molar-refractivity contribution in [3.8, 4) is 11.5 Å². The van der Waals surface area contributed by atoms with E-state index in [0.717, 1.165) is 29.9 Å². The molecule has 1 atom stereocenters. The predicted molar refractivity (Wildman–Crippen MR) is 91.0 cm³/mol. The van der Waals surface area contributed by atoms with Gasteiger partial charge in [0.05, 0.1) is 12.0 Å². The smallest absolute Gasteiger partial charge is 0.310 e. The molecule has 1 aliphatic heterocycles. The van der Waals surface area contributed by atoms with E-state index in [1.54, 1.807) is 12.0 Å². The summed E-state index contributed by atoms with van der Waals surface area (Å²) in [5, 5.41) is 20.5. The number of benzene rings is 2. The Bertz CT molecular complexity index is 804. The third kappa shape index (κ3) is 3.40. The Morgan fingerprint density at radius 1 is 1.28 bits per heavy atom. The predicted octanol–water partition coefficient (Wildman–Crippen LogP) is 2.94. The van der Waals surface area contributed by atoms with Gasteiger partial charge in [-0.1, -0.05) is 12.1 Å². The van der Waals surface area contributed by atoms with Crippen molar-refractivity contribution in [3.05, 3.63) is 63.7 Å². The Balaban J connectivity index is 1.71. The summed E-state index contributed by atoms with van der Waals surface area (Å²) in [6, 6.07) is 11.5. The molecular formula is C18H18N2O5. The molecule has 0 aliphatic carbocycles. The maximum atomic E-state index is 12.6. The number of hydrogen-bond acceptors (Lipinski definition) is 5. The van der Waals surface area contributed by atoms with E-state index in [0.29, 0.717) is 13.1 Å². The summed E-state index contributed by atoms with van der Waals surface area (Å²) in [4.78, 5) is 24.4. The van der Waals surface area contributed by atoms with Crippen molar-refractivity contribution >= 4 is 11.6 Å². The van der Waals surface area contributed by atoms with Crippen LogP contribution in [0.1, 0.15) is 28.3 Å². The molecule has 1 amide bonds. The number of hydrogen-bond donors (Lipinski definition) is 1. The fraction of sp³-hybridized carbons (Fsp3) is 0.278. The van der Waals surface area contributed by atoms with Gasteiger partial charge < -0.3 is 14.7 Å². The summed E-state index contributed by atoms with van der Waals surface area (Å²) in [7, 11) is 1.62. The van der Waals surface area contributed by atoms with Crippen LogP contribution in [0.3, 0.4) is 0 Å². The van der Waals surface area contributed by atoms with Gasteiger partial charge in [-0.3, -0.25) is 14.9 Å². The van der Waals surface area contributed by atoms with Gasteiger partial charge in [0.25, 0.3) is 5.91 Å². The van der Waals surface area contributed by atoms with E-state index in [1.807, 2.05) is 24.3 Å². The number of phenols is 1. The van der Waals surface area contributed by atoms with E-state index in [9.17, 15) is 20.0 Å². The number of nitro groups is 1. The van der Waals surface area contributed by atoms with Gasteiger partial charge in [-0.05, 0) is 36.2 Å². The number of nitrogens with zero attached hydrogens (tertiary/aromatic N) is 2. The SMILES string of the molecule is COc1ccc([C@H]2CCN(C(=O)c3ccc([N+](=O)[O-])c(O)c3)C2)cc1. The van der Waals surface area contributed by atoms with Crippen LogP contribution >= 0.6 is 0 Å². The van der Waals surface area contributed by atoms with Crippen molar-refractivity contribution in [1.29, 1.82) is 0 Å². The lowest BCUT2D eigenvalue weighted by molar-refractivity contribution is -0.385. The van der Waals surface area contributed by atoms with Crippen LogP contribution in [0.4, 0.5) is 5.69 Å². The van der Waals surface area contributed by atoms with Crippen molar-refractivity contribution in [3.63, 3.8) is 0 Å². The quantitative estimate of drug-likeness (QED) is 0.681. The van der Waals surface area contributed by atoms with Crippen LogP contribution in [0.25, 0.3) is 0 Å². The third-order valence-corrected chi connectivity index (χ3v) is 4.48. The highest BCUT2D eigenvalue weighted by atomic mass is 16.6. The Morgan fingerprint density at radius 3 is 2.60 bits per heavy atom. The minimum atomic E-state index is -0.681. The normalized spacial score (nSPS) is 16.7. The number of phenolic OH excluding ortho intramolecular Hbond substituents is 1. The average molecular weight is 342 g/mol. The average Bonchev–Trinajstić information content (AvgIpc) is 3.10. The van der Waals surface area contributed by atoms with Crippen molar-refractivity contribution in [2.45, 2.75) is 12.3 Å². The molecule has 0 unspecified atom stereocenters. The third-order valence-electron chi connectivity index (χ3n) is 4.48. The first-order chi connectivity index (χ1) is 12.0. The Kier molecular flexibility index (Phi) is 4.56. The van der Waals surface area contributed by atoms with E-state index in [4.69, 9.17) is 4.74 Å². The number of carbonyl (C=O) groups is 1. The van der Waals surface area contributed by atoms with Crippen molar-refractivity contribution in [1.82, 2.24) is 4.90 Å². The standard InChI is InChI=1S/C18H18N2O5/c1-25-15-5-2-12(3-6-15)14-8-9-19(11-14)18(22)13-4-7-16(20(23)24)17(21)10-13/h2-7,10,14,21H,8-9,11H2,1H3/t14-/m0/s1. The molecule has 130 valence electrons. The molecule has 0 aromatic heterocycles. The Labute approximate surface area is 144 Å². The molecule has 0 radical (unpaired) electrons. The van der Waals surface area contributed by atoms with Crippen molar-refractivity contribution < 1.29 is 19.6 Å². The molecule has 3 rings (SSSR count). The fourth-order valence-electron chi connectivity index (χ4n) is 3.09. The second-order valence-electron chi connectivity index (χ2n) is 5.97. The lowest BCUT2D eigenvalue weighted by Gasteiger charge is -2.17. The number of likely N-dealkylation sites (tertiary alicyclic amines) is 1. The molecule has 1 saturated heterocycles. The van der Waals surface area contributed by atoms with Gasteiger partial charge in [0.15, 0.2) is 5.75 Å². The van der Waals surface area contributed by atoms with Gasteiger partial charge in [-0.15, -0.1) is 0 Å². The van der Waals surface area contributed by atoms with E-state index < -0.39 is 16.4 Å². The topological polar surface area (TPSA) is 92.9 Å². The molecule has 0 bridgehead atoms. The molecule has 1 aliphatic rings. The first-order valence-corrected chi connectivity index (χ1v) is 7.90. The molecule has 1 N–H and O–H groups in total. The number of ether oxygens (including phenoxy) is 1. The molecule has 25 heavy (non-hydrogen) atoms. The second kappa shape index (κ2) is 6.80. The molecule has 1 fully saturated rings. The summed E-state index contributed by atoms with van der Waals surface area (Å²) in [6.07, 6.45) is 0.844. The Hall–Kier alpha value is -3.09. The second-order valence-corrected chi connectivity index (χ2v) is 5.97. The fourth-order valence-corrected chi connectivity index (χ4v) is 3.09. The lowest BCUT2D eigenvalue weighted by Crippen LogP contribution is -2.28. The largest absolute Gasteiger partial charge is 0.502 e. The van der Waals surface area contributed by atoms with E-state index in [2.05, 4.69) is 0 Å². The van der Waals surface area contributed by atoms with Crippen molar-refractivity contribution in [2.75, 3.05) is 20.2 Å². The molecule has 7 nitrogen and oxygen atoms in total. The number of methoxy groups -OCH3 is 1. The van der Waals surface area contributed by atoms with Crippen molar-refractivity contribution in [2.24, 2.45) is 0 Å². The molecule has 0 spiro atoms. The van der Waals surface area contributed by atoms with Gasteiger partial charge in [0, 0.05) is 30.6 Å². The first-order valence-electron chi connectivity index (χ1n) is 7.90. The summed E-state index contributed by atoms with van der Waals surface area (Å²) >= 11 is 0. The van der Waals surface area contributed by atoms with Crippen LogP contribution in [0.15, 0.2) is 42.5 Å². The van der Waals surface area contributed by atoms with Crippen LogP contribution in [0.5, 0.6) is 11.5 Å². The maximum absolute atomic E-state index is 12.6. The Morgan fingerprint density at radius 2 is 2.00 bits per heavy atom. The zero-order valence-corrected chi connectivity index (χ0v) is 13.7. The van der Waals surface area contributed by atoms with E-state index in [1.165, 1.54) is 6.07 Å². The zero-order valence-electron chi connectivity index (χ0n) is 13.7. The summed E-state index contributed by atoms with van der Waals surface area (Å²) in [5.41, 5.74) is 0.982. The highest BCUT2D eigenvalue weighted by molar-refractivity contribution is 5.95. The van der Waals surface area contributed by atoms with Gasteiger partial charge in [-0.2, -0.15) is 0 Å².